The lowest BCUT2D eigenvalue weighted by Crippen LogP contribution is -2.16. The monoisotopic (exact) mass is 263 g/mol. The summed E-state index contributed by atoms with van der Waals surface area (Å²) < 4.78 is 5.26. The van der Waals surface area contributed by atoms with E-state index in [2.05, 4.69) is 0 Å². The molecule has 3 nitrogen and oxygen atoms in total. The van der Waals surface area contributed by atoms with Crippen LogP contribution >= 0.6 is 11.6 Å². The molecule has 0 unspecified atom stereocenters. The Labute approximate surface area is 111 Å². The SMILES string of the molecule is Cc1occc1CN(C)c1ccc(C=O)cc1Cl. The minimum absolute atomic E-state index is 0.572. The third-order valence-corrected chi connectivity index (χ3v) is 3.20. The van der Waals surface area contributed by atoms with Gasteiger partial charge in [0.05, 0.1) is 17.0 Å². The summed E-state index contributed by atoms with van der Waals surface area (Å²) in [6.07, 6.45) is 2.46. The summed E-state index contributed by atoms with van der Waals surface area (Å²) in [4.78, 5) is 12.7. The van der Waals surface area contributed by atoms with Gasteiger partial charge in [0.15, 0.2) is 0 Å². The Balaban J connectivity index is 2.21. The lowest BCUT2D eigenvalue weighted by molar-refractivity contribution is 0.112. The lowest BCUT2D eigenvalue weighted by atomic mass is 10.2. The highest BCUT2D eigenvalue weighted by molar-refractivity contribution is 6.33. The summed E-state index contributed by atoms with van der Waals surface area (Å²) in [5, 5.41) is 0.572. The van der Waals surface area contributed by atoms with Crippen molar-refractivity contribution >= 4 is 23.6 Å². The zero-order valence-electron chi connectivity index (χ0n) is 10.3. The molecule has 94 valence electrons. The molecule has 0 saturated carbocycles. The van der Waals surface area contributed by atoms with E-state index >= 15 is 0 Å². The summed E-state index contributed by atoms with van der Waals surface area (Å²) in [6.45, 7) is 2.64. The Morgan fingerprint density at radius 1 is 1.39 bits per heavy atom. The van der Waals surface area contributed by atoms with Crippen LogP contribution in [0.25, 0.3) is 0 Å². The Morgan fingerprint density at radius 3 is 2.72 bits per heavy atom. The first-order valence-corrected chi connectivity index (χ1v) is 5.98. The first kappa shape index (κ1) is 12.7. The van der Waals surface area contributed by atoms with Crippen molar-refractivity contribution in [2.45, 2.75) is 13.5 Å². The third kappa shape index (κ3) is 2.57. The van der Waals surface area contributed by atoms with E-state index in [1.165, 1.54) is 0 Å². The number of carbonyl (C=O) groups is 1. The van der Waals surface area contributed by atoms with Crippen molar-refractivity contribution < 1.29 is 9.21 Å². The molecule has 0 saturated heterocycles. The number of carbonyl (C=O) groups excluding carboxylic acids is 1. The van der Waals surface area contributed by atoms with Gasteiger partial charge in [-0.25, -0.2) is 0 Å². The average molecular weight is 264 g/mol. The van der Waals surface area contributed by atoms with Gasteiger partial charge < -0.3 is 9.32 Å². The molecular weight excluding hydrogens is 250 g/mol. The molecule has 1 aromatic heterocycles. The number of hydrogen-bond acceptors (Lipinski definition) is 3. The first-order chi connectivity index (χ1) is 8.61. The molecular formula is C14H14ClNO2. The van der Waals surface area contributed by atoms with Gasteiger partial charge in [0, 0.05) is 24.7 Å². The van der Waals surface area contributed by atoms with Crippen LogP contribution in [-0.4, -0.2) is 13.3 Å². The van der Waals surface area contributed by atoms with E-state index in [9.17, 15) is 4.79 Å². The number of benzene rings is 1. The number of nitrogens with zero attached hydrogens (tertiary/aromatic N) is 1. The summed E-state index contributed by atoms with van der Waals surface area (Å²) in [5.41, 5.74) is 2.59. The number of furan rings is 1. The normalized spacial score (nSPS) is 10.4. The molecule has 2 rings (SSSR count). The van der Waals surface area contributed by atoms with Gasteiger partial charge in [0.1, 0.15) is 12.0 Å². The summed E-state index contributed by atoms with van der Waals surface area (Å²) in [7, 11) is 1.95. The Kier molecular flexibility index (Phi) is 3.72. The maximum Gasteiger partial charge on any atom is 0.150 e. The number of aldehydes is 1. The molecule has 0 amide bonds. The molecule has 0 atom stereocenters. The van der Waals surface area contributed by atoms with Gasteiger partial charge in [-0.2, -0.15) is 0 Å². The van der Waals surface area contributed by atoms with Crippen LogP contribution in [0.2, 0.25) is 5.02 Å². The molecule has 0 bridgehead atoms. The number of aryl methyl sites for hydroxylation is 1. The molecule has 0 spiro atoms. The minimum Gasteiger partial charge on any atom is -0.469 e. The van der Waals surface area contributed by atoms with Crippen LogP contribution in [0.3, 0.4) is 0 Å². The largest absolute Gasteiger partial charge is 0.469 e. The summed E-state index contributed by atoms with van der Waals surface area (Å²) in [6, 6.07) is 7.22. The molecule has 4 heteroatoms. The Hall–Kier alpha value is -1.74. The predicted octanol–water partition coefficient (Wildman–Crippen LogP) is 3.69. The van der Waals surface area contributed by atoms with Gasteiger partial charge in [-0.3, -0.25) is 4.79 Å². The van der Waals surface area contributed by atoms with Gasteiger partial charge in [0.25, 0.3) is 0 Å². The smallest absolute Gasteiger partial charge is 0.150 e. The highest BCUT2D eigenvalue weighted by atomic mass is 35.5. The fourth-order valence-corrected chi connectivity index (χ4v) is 2.16. The van der Waals surface area contributed by atoms with Crippen LogP contribution < -0.4 is 4.90 Å². The van der Waals surface area contributed by atoms with Crippen molar-refractivity contribution in [3.63, 3.8) is 0 Å². The van der Waals surface area contributed by atoms with E-state index in [4.69, 9.17) is 16.0 Å². The maximum atomic E-state index is 10.7. The van der Waals surface area contributed by atoms with Gasteiger partial charge in [-0.15, -0.1) is 0 Å². The van der Waals surface area contributed by atoms with Crippen molar-refractivity contribution in [3.05, 3.63) is 52.4 Å². The van der Waals surface area contributed by atoms with Crippen LogP contribution in [0, 0.1) is 6.92 Å². The van der Waals surface area contributed by atoms with Crippen molar-refractivity contribution in [2.24, 2.45) is 0 Å². The van der Waals surface area contributed by atoms with E-state index < -0.39 is 0 Å². The molecule has 0 fully saturated rings. The molecule has 1 aromatic carbocycles. The second-order valence-corrected chi connectivity index (χ2v) is 4.59. The number of hydrogen-bond donors (Lipinski definition) is 0. The maximum absolute atomic E-state index is 10.7. The highest BCUT2D eigenvalue weighted by Crippen LogP contribution is 2.27. The van der Waals surface area contributed by atoms with Crippen molar-refractivity contribution in [2.75, 3.05) is 11.9 Å². The molecule has 0 aliphatic carbocycles. The van der Waals surface area contributed by atoms with E-state index in [-0.39, 0.29) is 0 Å². The molecule has 0 N–H and O–H groups in total. The van der Waals surface area contributed by atoms with Gasteiger partial charge in [0.2, 0.25) is 0 Å². The number of rotatable bonds is 4. The quantitative estimate of drug-likeness (QED) is 0.789. The van der Waals surface area contributed by atoms with Gasteiger partial charge in [-0.05, 0) is 31.2 Å². The number of anilines is 1. The second-order valence-electron chi connectivity index (χ2n) is 4.19. The van der Waals surface area contributed by atoms with E-state index in [0.717, 1.165) is 23.3 Å². The minimum atomic E-state index is 0.572. The predicted molar refractivity (Wildman–Crippen MR) is 72.4 cm³/mol. The summed E-state index contributed by atoms with van der Waals surface area (Å²) >= 11 is 6.16. The third-order valence-electron chi connectivity index (χ3n) is 2.89. The average Bonchev–Trinajstić information content (AvgIpc) is 2.74. The molecule has 0 aliphatic heterocycles. The molecule has 1 heterocycles. The van der Waals surface area contributed by atoms with Crippen LogP contribution in [0.15, 0.2) is 34.9 Å². The molecule has 0 radical (unpaired) electrons. The summed E-state index contributed by atoms with van der Waals surface area (Å²) in [5.74, 6) is 0.905. The van der Waals surface area contributed by atoms with Gasteiger partial charge >= 0.3 is 0 Å². The zero-order valence-corrected chi connectivity index (χ0v) is 11.1. The van der Waals surface area contributed by atoms with Crippen LogP contribution in [0.5, 0.6) is 0 Å². The van der Waals surface area contributed by atoms with Crippen LogP contribution in [-0.2, 0) is 6.54 Å². The first-order valence-electron chi connectivity index (χ1n) is 5.60. The van der Waals surface area contributed by atoms with Crippen LogP contribution in [0.1, 0.15) is 21.7 Å². The Bertz CT molecular complexity index is 563. The molecule has 18 heavy (non-hydrogen) atoms. The Morgan fingerprint density at radius 2 is 2.17 bits per heavy atom. The van der Waals surface area contributed by atoms with Crippen molar-refractivity contribution in [3.8, 4) is 0 Å². The number of halogens is 1. The molecule has 0 aliphatic rings. The topological polar surface area (TPSA) is 33.5 Å². The standard InChI is InChI=1S/C14H14ClNO2/c1-10-12(5-6-18-10)8-16(2)14-4-3-11(9-17)7-13(14)15/h3-7,9H,8H2,1-2H3. The van der Waals surface area contributed by atoms with E-state index in [1.54, 1.807) is 18.4 Å². The molecule has 2 aromatic rings. The zero-order chi connectivity index (χ0) is 13.1. The van der Waals surface area contributed by atoms with E-state index in [0.29, 0.717) is 17.1 Å². The highest BCUT2D eigenvalue weighted by Gasteiger charge is 2.10. The fraction of sp³-hybridized carbons (Fsp3) is 0.214. The fourth-order valence-electron chi connectivity index (χ4n) is 1.82. The van der Waals surface area contributed by atoms with Gasteiger partial charge in [-0.1, -0.05) is 11.6 Å². The van der Waals surface area contributed by atoms with Crippen LogP contribution in [0.4, 0.5) is 5.69 Å². The lowest BCUT2D eigenvalue weighted by Gasteiger charge is -2.20. The van der Waals surface area contributed by atoms with E-state index in [1.807, 2.05) is 31.0 Å². The van der Waals surface area contributed by atoms with Crippen molar-refractivity contribution in [1.29, 1.82) is 0 Å². The second kappa shape index (κ2) is 5.27. The van der Waals surface area contributed by atoms with Crippen molar-refractivity contribution in [1.82, 2.24) is 0 Å².